The first kappa shape index (κ1) is 32.2. The highest BCUT2D eigenvalue weighted by molar-refractivity contribution is 6.07. The van der Waals surface area contributed by atoms with Gasteiger partial charge in [-0.1, -0.05) is 58.0 Å². The number of aryl methyl sites for hydroxylation is 3. The summed E-state index contributed by atoms with van der Waals surface area (Å²) in [6, 6.07) is 23.1. The van der Waals surface area contributed by atoms with Gasteiger partial charge in [0.05, 0.1) is 35.2 Å². The molecule has 3 N–H and O–H groups in total. The van der Waals surface area contributed by atoms with E-state index in [1.54, 1.807) is 23.3 Å². The first-order valence-corrected chi connectivity index (χ1v) is 16.0. The minimum absolute atomic E-state index is 0.201. The Bertz CT molecular complexity index is 2080. The highest BCUT2D eigenvalue weighted by atomic mass is 16.5. The van der Waals surface area contributed by atoms with Gasteiger partial charge in [0.25, 0.3) is 0 Å². The number of fused-ring (bicyclic) bond motifs is 1. The van der Waals surface area contributed by atoms with Gasteiger partial charge in [0.1, 0.15) is 29.8 Å². The molecule has 48 heavy (non-hydrogen) atoms. The molecule has 0 radical (unpaired) electrons. The Labute approximate surface area is 280 Å². The van der Waals surface area contributed by atoms with Crippen molar-refractivity contribution in [3.8, 4) is 11.4 Å². The van der Waals surface area contributed by atoms with Gasteiger partial charge in [0.2, 0.25) is 0 Å². The first-order valence-electron chi connectivity index (χ1n) is 16.0. The Morgan fingerprint density at radius 2 is 1.65 bits per heavy atom. The average molecular weight is 641 g/mol. The molecule has 0 fully saturated rings. The van der Waals surface area contributed by atoms with E-state index in [-0.39, 0.29) is 11.4 Å². The van der Waals surface area contributed by atoms with Crippen molar-refractivity contribution in [2.24, 2.45) is 0 Å². The number of nitrogens with one attached hydrogen (secondary N) is 3. The summed E-state index contributed by atoms with van der Waals surface area (Å²) in [5.41, 5.74) is 6.43. The zero-order valence-corrected chi connectivity index (χ0v) is 28.1. The molecule has 0 bridgehead atoms. The molecule has 10 nitrogen and oxygen atoms in total. The van der Waals surface area contributed by atoms with E-state index in [2.05, 4.69) is 77.7 Å². The lowest BCUT2D eigenvalue weighted by Gasteiger charge is -2.15. The second kappa shape index (κ2) is 13.5. The number of ether oxygens (including phenoxy) is 1. The van der Waals surface area contributed by atoms with Crippen LogP contribution in [0.1, 0.15) is 55.8 Å². The molecule has 0 spiro atoms. The molecule has 3 aromatic heterocycles. The highest BCUT2D eigenvalue weighted by Crippen LogP contribution is 2.33. The zero-order valence-electron chi connectivity index (χ0n) is 28.1. The fraction of sp³-hybridized carbons (Fsp3) is 0.237. The Kier molecular flexibility index (Phi) is 9.07. The molecular formula is C38H40N8O2. The third kappa shape index (κ3) is 7.28. The maximum Gasteiger partial charge on any atom is 0.324 e. The van der Waals surface area contributed by atoms with Gasteiger partial charge in [-0.05, 0) is 73.4 Å². The summed E-state index contributed by atoms with van der Waals surface area (Å²) in [7, 11) is 0. The van der Waals surface area contributed by atoms with Crippen molar-refractivity contribution in [3.63, 3.8) is 0 Å². The summed E-state index contributed by atoms with van der Waals surface area (Å²) in [6.07, 6.45) is 6.02. The summed E-state index contributed by atoms with van der Waals surface area (Å²) in [4.78, 5) is 26.7. The van der Waals surface area contributed by atoms with Crippen LogP contribution in [0.15, 0.2) is 91.4 Å². The topological polar surface area (TPSA) is 119 Å². The number of hydrogen-bond donors (Lipinski definition) is 3. The van der Waals surface area contributed by atoms with Gasteiger partial charge in [-0.25, -0.2) is 19.4 Å². The minimum Gasteiger partial charge on any atom is -0.488 e. The number of anilines is 4. The molecule has 6 aromatic rings. The van der Waals surface area contributed by atoms with Gasteiger partial charge in [-0.2, -0.15) is 5.10 Å². The van der Waals surface area contributed by atoms with Crippen molar-refractivity contribution in [1.82, 2.24) is 24.7 Å². The monoisotopic (exact) mass is 640 g/mol. The summed E-state index contributed by atoms with van der Waals surface area (Å²) in [5.74, 6) is 2.56. The highest BCUT2D eigenvalue weighted by Gasteiger charge is 2.22. The van der Waals surface area contributed by atoms with Crippen LogP contribution in [0.5, 0.6) is 5.75 Å². The van der Waals surface area contributed by atoms with Crippen LogP contribution in [0.25, 0.3) is 16.5 Å². The van der Waals surface area contributed by atoms with Crippen molar-refractivity contribution < 1.29 is 9.53 Å². The smallest absolute Gasteiger partial charge is 0.324 e. The number of amides is 2. The van der Waals surface area contributed by atoms with E-state index in [4.69, 9.17) is 9.84 Å². The van der Waals surface area contributed by atoms with Crippen LogP contribution in [0.3, 0.4) is 0 Å². The summed E-state index contributed by atoms with van der Waals surface area (Å²) >= 11 is 0. The van der Waals surface area contributed by atoms with Crippen LogP contribution in [0.2, 0.25) is 0 Å². The molecule has 3 heterocycles. The lowest BCUT2D eigenvalue weighted by Crippen LogP contribution is -2.21. The molecule has 0 saturated carbocycles. The van der Waals surface area contributed by atoms with Gasteiger partial charge in [0.15, 0.2) is 0 Å². The third-order valence-electron chi connectivity index (χ3n) is 8.13. The first-order chi connectivity index (χ1) is 23.1. The molecule has 0 aliphatic heterocycles. The van der Waals surface area contributed by atoms with Crippen molar-refractivity contribution in [2.45, 2.75) is 60.0 Å². The Morgan fingerprint density at radius 1 is 0.833 bits per heavy atom. The predicted molar refractivity (Wildman–Crippen MR) is 192 cm³/mol. The normalized spacial score (nSPS) is 11.4. The molecule has 244 valence electrons. The minimum atomic E-state index is -0.370. The van der Waals surface area contributed by atoms with E-state index >= 15 is 0 Å². The molecule has 6 rings (SSSR count). The SMILES string of the molecule is CCc1cnc(Nc2cc(COc3ccc(NC(=O)Nc4cc(C(C)(C)C)nn4-c4ccc(C)c(C)c4)c4ccccc34)ccn2)cn1. The van der Waals surface area contributed by atoms with Gasteiger partial charge < -0.3 is 15.4 Å². The van der Waals surface area contributed by atoms with Gasteiger partial charge in [-0.3, -0.25) is 10.3 Å². The fourth-order valence-electron chi connectivity index (χ4n) is 5.19. The standard InChI is InChI=1S/C38H40N8O2/c1-7-27-21-41-35(22-40-27)43-34-19-26(16-17-39-34)23-48-32-15-14-31(29-10-8-9-11-30(29)32)42-37(47)44-36-20-33(38(4,5)6)45-46(36)28-13-12-24(2)25(3)18-28/h8-22H,7,23H2,1-6H3,(H,39,41,43)(H2,42,44,47). The van der Waals surface area contributed by atoms with Crippen molar-refractivity contribution in [3.05, 3.63) is 119 Å². The van der Waals surface area contributed by atoms with Crippen LogP contribution in [-0.4, -0.2) is 30.8 Å². The van der Waals surface area contributed by atoms with E-state index in [1.165, 1.54) is 5.56 Å². The third-order valence-corrected chi connectivity index (χ3v) is 8.13. The molecule has 0 aliphatic rings. The van der Waals surface area contributed by atoms with Gasteiger partial charge >= 0.3 is 6.03 Å². The van der Waals surface area contributed by atoms with Crippen molar-refractivity contribution in [1.29, 1.82) is 0 Å². The second-order valence-electron chi connectivity index (χ2n) is 12.8. The zero-order chi connectivity index (χ0) is 33.8. The molecule has 0 unspecified atom stereocenters. The number of hydrogen-bond acceptors (Lipinski definition) is 7. The van der Waals surface area contributed by atoms with Crippen LogP contribution in [0, 0.1) is 13.8 Å². The van der Waals surface area contributed by atoms with Crippen LogP contribution >= 0.6 is 0 Å². The van der Waals surface area contributed by atoms with E-state index < -0.39 is 0 Å². The number of carbonyl (C=O) groups is 1. The van der Waals surface area contributed by atoms with E-state index in [9.17, 15) is 4.79 Å². The Hall–Kier alpha value is -5.77. The fourth-order valence-corrected chi connectivity index (χ4v) is 5.19. The van der Waals surface area contributed by atoms with Crippen molar-refractivity contribution >= 4 is 39.9 Å². The van der Waals surface area contributed by atoms with Crippen molar-refractivity contribution in [2.75, 3.05) is 16.0 Å². The predicted octanol–water partition coefficient (Wildman–Crippen LogP) is 8.65. The number of carbonyl (C=O) groups excluding carboxylic acids is 1. The maximum atomic E-state index is 13.5. The quantitative estimate of drug-likeness (QED) is 0.145. The molecule has 10 heteroatoms. The Morgan fingerprint density at radius 3 is 2.38 bits per heavy atom. The van der Waals surface area contributed by atoms with Gasteiger partial charge in [-0.15, -0.1) is 0 Å². The lowest BCUT2D eigenvalue weighted by molar-refractivity contribution is 0.262. The number of nitrogens with zero attached hydrogens (tertiary/aromatic N) is 5. The Balaban J connectivity index is 1.18. The van der Waals surface area contributed by atoms with Crippen LogP contribution in [-0.2, 0) is 18.4 Å². The molecule has 0 atom stereocenters. The summed E-state index contributed by atoms with van der Waals surface area (Å²) in [6.45, 7) is 12.8. The van der Waals surface area contributed by atoms with E-state index in [0.29, 0.717) is 35.5 Å². The van der Waals surface area contributed by atoms with E-state index in [0.717, 1.165) is 45.4 Å². The maximum absolute atomic E-state index is 13.5. The van der Waals surface area contributed by atoms with Gasteiger partial charge in [0, 0.05) is 28.5 Å². The van der Waals surface area contributed by atoms with Crippen LogP contribution < -0.4 is 20.7 Å². The molecule has 2 amide bonds. The second-order valence-corrected chi connectivity index (χ2v) is 12.8. The molecule has 0 saturated heterocycles. The number of aromatic nitrogens is 5. The number of benzene rings is 3. The molecular weight excluding hydrogens is 600 g/mol. The number of rotatable bonds is 9. The summed E-state index contributed by atoms with van der Waals surface area (Å²) in [5, 5.41) is 15.9. The lowest BCUT2D eigenvalue weighted by atomic mass is 9.92. The van der Waals surface area contributed by atoms with E-state index in [1.807, 2.05) is 67.6 Å². The van der Waals surface area contributed by atoms with Crippen LogP contribution in [0.4, 0.5) is 27.9 Å². The summed E-state index contributed by atoms with van der Waals surface area (Å²) < 4.78 is 8.08. The largest absolute Gasteiger partial charge is 0.488 e. The number of urea groups is 1. The molecule has 3 aromatic carbocycles. The number of pyridine rings is 1. The average Bonchev–Trinajstić information content (AvgIpc) is 3.50. The molecule has 0 aliphatic carbocycles.